The first-order valence-corrected chi connectivity index (χ1v) is 2.46. The predicted molar refractivity (Wildman–Crippen MR) is 35.0 cm³/mol. The molecule has 0 saturated carbocycles. The van der Waals surface area contributed by atoms with Gasteiger partial charge in [0.1, 0.15) is 4.86 Å². The molecule has 0 aromatic carbocycles. The molecule has 0 aromatic heterocycles. The van der Waals surface area contributed by atoms with Gasteiger partial charge in [-0.2, -0.15) is 0 Å². The Morgan fingerprint density at radius 1 is 1.88 bits per heavy atom. The Morgan fingerprint density at radius 2 is 2.38 bits per heavy atom. The first-order chi connectivity index (χ1) is 3.68. The molecule has 2 nitrogen and oxygen atoms in total. The Bertz CT molecular complexity index is 128. The largest absolute Gasteiger partial charge is 0.477 e. The number of hydrogen-bond acceptors (Lipinski definition) is 2. The highest BCUT2D eigenvalue weighted by Gasteiger charge is 2.00. The zero-order chi connectivity index (χ0) is 6.57. The normalized spacial score (nSPS) is 8.00. The second-order valence-corrected chi connectivity index (χ2v) is 1.71. The van der Waals surface area contributed by atoms with E-state index in [4.69, 9.17) is 5.11 Å². The van der Waals surface area contributed by atoms with Gasteiger partial charge in [-0.05, 0) is 0 Å². The Hall–Kier alpha value is -0.700. The van der Waals surface area contributed by atoms with Crippen molar-refractivity contribution < 1.29 is 9.90 Å². The first-order valence-electron chi connectivity index (χ1n) is 2.05. The molecule has 0 atom stereocenters. The van der Waals surface area contributed by atoms with Crippen molar-refractivity contribution in [2.24, 2.45) is 0 Å². The van der Waals surface area contributed by atoms with Crippen LogP contribution in [0.15, 0.2) is 12.7 Å². The molecule has 0 aliphatic rings. The molecular formula is C5H6O2S. The van der Waals surface area contributed by atoms with Crippen molar-refractivity contribution in [2.45, 2.75) is 6.42 Å². The highest BCUT2D eigenvalue weighted by atomic mass is 32.1. The summed E-state index contributed by atoms with van der Waals surface area (Å²) in [7, 11) is 0. The monoisotopic (exact) mass is 130 g/mol. The Morgan fingerprint density at radius 3 is 2.50 bits per heavy atom. The number of carboxylic acid groups (broad SMARTS) is 1. The summed E-state index contributed by atoms with van der Waals surface area (Å²) in [4.78, 5) is 9.91. The SMILES string of the molecule is C=CCC(=S)C(=O)O. The number of hydrogen-bond donors (Lipinski definition) is 1. The van der Waals surface area contributed by atoms with Crippen LogP contribution in [0.3, 0.4) is 0 Å². The summed E-state index contributed by atoms with van der Waals surface area (Å²) in [6.07, 6.45) is 1.75. The molecule has 0 aromatic rings. The third-order valence-corrected chi connectivity index (χ3v) is 0.910. The maximum absolute atomic E-state index is 9.90. The number of thiocarbonyl (C=S) groups is 1. The molecule has 8 heavy (non-hydrogen) atoms. The Labute approximate surface area is 52.8 Å². The maximum atomic E-state index is 9.90. The molecule has 0 aliphatic heterocycles. The van der Waals surface area contributed by atoms with Crippen LogP contribution in [-0.4, -0.2) is 15.9 Å². The molecule has 3 heteroatoms. The molecule has 0 aliphatic carbocycles. The molecule has 0 unspecified atom stereocenters. The molecule has 0 heterocycles. The lowest BCUT2D eigenvalue weighted by Gasteiger charge is -1.86. The van der Waals surface area contributed by atoms with Crippen molar-refractivity contribution in [3.05, 3.63) is 12.7 Å². The van der Waals surface area contributed by atoms with E-state index in [1.807, 2.05) is 0 Å². The van der Waals surface area contributed by atoms with Gasteiger partial charge in [-0.1, -0.05) is 18.3 Å². The molecule has 1 N–H and O–H groups in total. The topological polar surface area (TPSA) is 37.3 Å². The van der Waals surface area contributed by atoms with Gasteiger partial charge >= 0.3 is 5.97 Å². The summed E-state index contributed by atoms with van der Waals surface area (Å²) in [6.45, 7) is 3.33. The molecule has 0 saturated heterocycles. The van der Waals surface area contributed by atoms with Crippen molar-refractivity contribution in [1.29, 1.82) is 0 Å². The van der Waals surface area contributed by atoms with E-state index >= 15 is 0 Å². The number of aliphatic carboxylic acids is 1. The molecular weight excluding hydrogens is 124 g/mol. The fourth-order valence-electron chi connectivity index (χ4n) is 0.218. The van der Waals surface area contributed by atoms with Crippen molar-refractivity contribution in [1.82, 2.24) is 0 Å². The van der Waals surface area contributed by atoms with Crippen LogP contribution < -0.4 is 0 Å². The molecule has 0 bridgehead atoms. The lowest BCUT2D eigenvalue weighted by atomic mass is 10.3. The Balaban J connectivity index is 3.65. The lowest BCUT2D eigenvalue weighted by molar-refractivity contribution is -0.129. The fourth-order valence-corrected chi connectivity index (χ4v) is 0.336. The van der Waals surface area contributed by atoms with Crippen molar-refractivity contribution >= 4 is 23.1 Å². The second-order valence-electron chi connectivity index (χ2n) is 1.22. The van der Waals surface area contributed by atoms with E-state index in [1.54, 1.807) is 0 Å². The van der Waals surface area contributed by atoms with Crippen LogP contribution in [0.5, 0.6) is 0 Å². The first kappa shape index (κ1) is 7.30. The average Bonchev–Trinajstić information content (AvgIpc) is 1.67. The minimum absolute atomic E-state index is 0.0139. The zero-order valence-electron chi connectivity index (χ0n) is 4.26. The fraction of sp³-hybridized carbons (Fsp3) is 0.200. The number of carboxylic acids is 1. The summed E-state index contributed by atoms with van der Waals surface area (Å²) < 4.78 is 0. The van der Waals surface area contributed by atoms with Gasteiger partial charge in [-0.3, -0.25) is 0 Å². The van der Waals surface area contributed by atoms with E-state index in [9.17, 15) is 4.79 Å². The number of rotatable bonds is 3. The second kappa shape index (κ2) is 3.32. The highest BCUT2D eigenvalue weighted by molar-refractivity contribution is 7.82. The summed E-state index contributed by atoms with van der Waals surface area (Å²) in [5.41, 5.74) is 0. The van der Waals surface area contributed by atoms with E-state index in [1.165, 1.54) is 6.08 Å². The van der Waals surface area contributed by atoms with Crippen LogP contribution in [0.1, 0.15) is 6.42 Å². The predicted octanol–water partition coefficient (Wildman–Crippen LogP) is 1.02. The number of allylic oxidation sites excluding steroid dienone is 1. The summed E-state index contributed by atoms with van der Waals surface area (Å²) in [5, 5.41) is 8.12. The minimum atomic E-state index is -1.03. The van der Waals surface area contributed by atoms with Crippen LogP contribution in [0.2, 0.25) is 0 Å². The van der Waals surface area contributed by atoms with E-state index in [0.29, 0.717) is 0 Å². The van der Waals surface area contributed by atoms with Crippen LogP contribution in [0.4, 0.5) is 0 Å². The van der Waals surface area contributed by atoms with E-state index in [2.05, 4.69) is 18.8 Å². The van der Waals surface area contributed by atoms with Crippen LogP contribution >= 0.6 is 12.2 Å². The quantitative estimate of drug-likeness (QED) is 0.457. The van der Waals surface area contributed by atoms with Gasteiger partial charge in [0.15, 0.2) is 0 Å². The van der Waals surface area contributed by atoms with Gasteiger partial charge in [0.25, 0.3) is 0 Å². The third-order valence-electron chi connectivity index (χ3n) is 0.568. The van der Waals surface area contributed by atoms with E-state index in [-0.39, 0.29) is 11.3 Å². The highest BCUT2D eigenvalue weighted by Crippen LogP contribution is 1.85. The average molecular weight is 130 g/mol. The molecule has 44 valence electrons. The standard InChI is InChI=1S/C5H6O2S/c1-2-3-4(8)5(6)7/h2H,1,3H2,(H,6,7). The smallest absolute Gasteiger partial charge is 0.342 e. The summed E-state index contributed by atoms with van der Waals surface area (Å²) in [6, 6.07) is 0. The number of carbonyl (C=O) groups is 1. The van der Waals surface area contributed by atoms with E-state index < -0.39 is 5.97 Å². The lowest BCUT2D eigenvalue weighted by Crippen LogP contribution is -2.07. The Kier molecular flexibility index (Phi) is 3.03. The van der Waals surface area contributed by atoms with E-state index in [0.717, 1.165) is 0 Å². The van der Waals surface area contributed by atoms with Crippen LogP contribution in [0.25, 0.3) is 0 Å². The van der Waals surface area contributed by atoms with Crippen molar-refractivity contribution in [2.75, 3.05) is 0 Å². The van der Waals surface area contributed by atoms with Gasteiger partial charge in [-0.25, -0.2) is 4.79 Å². The summed E-state index contributed by atoms with van der Waals surface area (Å²) in [5.74, 6) is -1.03. The zero-order valence-corrected chi connectivity index (χ0v) is 5.07. The minimum Gasteiger partial charge on any atom is -0.477 e. The van der Waals surface area contributed by atoms with Crippen LogP contribution in [0, 0.1) is 0 Å². The molecule has 0 fully saturated rings. The molecule has 0 radical (unpaired) electrons. The van der Waals surface area contributed by atoms with Crippen LogP contribution in [-0.2, 0) is 4.79 Å². The maximum Gasteiger partial charge on any atom is 0.342 e. The van der Waals surface area contributed by atoms with Gasteiger partial charge < -0.3 is 5.11 Å². The third kappa shape index (κ3) is 2.47. The van der Waals surface area contributed by atoms with Gasteiger partial charge in [0.2, 0.25) is 0 Å². The molecule has 0 rings (SSSR count). The van der Waals surface area contributed by atoms with Gasteiger partial charge in [-0.15, -0.1) is 6.58 Å². The van der Waals surface area contributed by atoms with Gasteiger partial charge in [0, 0.05) is 6.42 Å². The van der Waals surface area contributed by atoms with Gasteiger partial charge in [0.05, 0.1) is 0 Å². The summed E-state index contributed by atoms with van der Waals surface area (Å²) >= 11 is 4.41. The molecule has 0 amide bonds. The molecule has 0 spiro atoms. The van der Waals surface area contributed by atoms with Crippen molar-refractivity contribution in [3.63, 3.8) is 0 Å². The van der Waals surface area contributed by atoms with Crippen molar-refractivity contribution in [3.8, 4) is 0 Å².